The minimum Gasteiger partial charge on any atom is -0.480 e. The quantitative estimate of drug-likeness (QED) is 0.808. The first-order chi connectivity index (χ1) is 8.49. The minimum atomic E-state index is -1.26. The van der Waals surface area contributed by atoms with Crippen LogP contribution >= 0.6 is 15.9 Å². The molecule has 0 aliphatic rings. The number of carboxylic acids is 1. The molecule has 18 heavy (non-hydrogen) atoms. The van der Waals surface area contributed by atoms with Gasteiger partial charge in [-0.05, 0) is 18.2 Å². The van der Waals surface area contributed by atoms with Crippen LogP contribution < -0.4 is 5.73 Å². The first kappa shape index (κ1) is 12.7. The summed E-state index contributed by atoms with van der Waals surface area (Å²) in [7, 11) is 0. The lowest BCUT2D eigenvalue weighted by atomic mass is 10.1. The van der Waals surface area contributed by atoms with E-state index in [1.54, 1.807) is 12.1 Å². The molecule has 0 spiro atoms. The lowest BCUT2D eigenvalue weighted by Gasteiger charge is -2.03. The molecule has 0 saturated carbocycles. The molecule has 5 nitrogen and oxygen atoms in total. The summed E-state index contributed by atoms with van der Waals surface area (Å²) < 4.78 is 14.3. The van der Waals surface area contributed by atoms with E-state index in [1.807, 2.05) is 0 Å². The largest absolute Gasteiger partial charge is 0.480 e. The number of hydrogen-bond acceptors (Lipinski definition) is 3. The minimum absolute atomic E-state index is 0.0804. The Morgan fingerprint density at radius 1 is 1.56 bits per heavy atom. The number of rotatable bonds is 3. The van der Waals surface area contributed by atoms with E-state index < -0.39 is 17.8 Å². The number of nitrogens with zero attached hydrogens (tertiary/aromatic N) is 1. The van der Waals surface area contributed by atoms with E-state index in [0.717, 1.165) is 0 Å². The van der Waals surface area contributed by atoms with Gasteiger partial charge in [-0.25, -0.2) is 9.37 Å². The third kappa shape index (κ3) is 2.41. The van der Waals surface area contributed by atoms with E-state index in [0.29, 0.717) is 15.7 Å². The number of hydrogen-bond donors (Lipinski definition) is 3. The molecule has 1 unspecified atom stereocenters. The fraction of sp³-hybridized carbons (Fsp3) is 0.0909. The van der Waals surface area contributed by atoms with Gasteiger partial charge in [-0.1, -0.05) is 15.9 Å². The van der Waals surface area contributed by atoms with Gasteiger partial charge in [-0.3, -0.25) is 4.79 Å². The van der Waals surface area contributed by atoms with Gasteiger partial charge in [0.1, 0.15) is 11.6 Å². The molecule has 2 aromatic rings. The van der Waals surface area contributed by atoms with Crippen molar-refractivity contribution in [3.8, 4) is 11.3 Å². The molecule has 94 valence electrons. The highest BCUT2D eigenvalue weighted by Crippen LogP contribution is 2.25. The Hall–Kier alpha value is -1.73. The summed E-state index contributed by atoms with van der Waals surface area (Å²) in [6.45, 7) is 0. The molecule has 1 aromatic carbocycles. The van der Waals surface area contributed by atoms with E-state index >= 15 is 0 Å². The highest BCUT2D eigenvalue weighted by molar-refractivity contribution is 9.10. The predicted octanol–water partition coefficient (Wildman–Crippen LogP) is 2.06. The molecule has 4 N–H and O–H groups in total. The number of halogens is 2. The fourth-order valence-corrected chi connectivity index (χ4v) is 1.81. The third-order valence-corrected chi connectivity index (χ3v) is 2.87. The fourth-order valence-electron chi connectivity index (χ4n) is 1.45. The van der Waals surface area contributed by atoms with E-state index in [4.69, 9.17) is 10.8 Å². The second kappa shape index (κ2) is 4.87. The molecule has 0 bridgehead atoms. The zero-order valence-electron chi connectivity index (χ0n) is 9.02. The lowest BCUT2D eigenvalue weighted by molar-refractivity contribution is -0.138. The smallest absolute Gasteiger partial charge is 0.328 e. The summed E-state index contributed by atoms with van der Waals surface area (Å²) in [5.74, 6) is -1.56. The Kier molecular flexibility index (Phi) is 3.44. The van der Waals surface area contributed by atoms with Crippen LogP contribution in [0.5, 0.6) is 0 Å². The monoisotopic (exact) mass is 313 g/mol. The first-order valence-corrected chi connectivity index (χ1v) is 5.77. The number of H-pyrrole nitrogens is 1. The SMILES string of the molecule is NC(C(=O)O)c1ncc(-c2cc(Br)ccc2F)[nH]1. The molecule has 2 rings (SSSR count). The second-order valence-electron chi connectivity index (χ2n) is 3.62. The van der Waals surface area contributed by atoms with Crippen molar-refractivity contribution < 1.29 is 14.3 Å². The van der Waals surface area contributed by atoms with Crippen LogP contribution in [-0.2, 0) is 4.79 Å². The summed E-state index contributed by atoms with van der Waals surface area (Å²) in [6, 6.07) is 3.18. The molecule has 0 aliphatic heterocycles. The van der Waals surface area contributed by atoms with Gasteiger partial charge in [0.25, 0.3) is 0 Å². The number of aromatic nitrogens is 2. The second-order valence-corrected chi connectivity index (χ2v) is 4.54. The summed E-state index contributed by atoms with van der Waals surface area (Å²) in [4.78, 5) is 17.2. The number of carboxylic acid groups (broad SMARTS) is 1. The van der Waals surface area contributed by atoms with Gasteiger partial charge >= 0.3 is 5.97 Å². The average molecular weight is 314 g/mol. The topological polar surface area (TPSA) is 92.0 Å². The molecule has 7 heteroatoms. The van der Waals surface area contributed by atoms with Gasteiger partial charge in [0.2, 0.25) is 0 Å². The number of imidazole rings is 1. The van der Waals surface area contributed by atoms with E-state index in [2.05, 4.69) is 25.9 Å². The number of aromatic amines is 1. The van der Waals surface area contributed by atoms with Crippen molar-refractivity contribution in [2.75, 3.05) is 0 Å². The highest BCUT2D eigenvalue weighted by Gasteiger charge is 2.18. The normalized spacial score (nSPS) is 12.4. The molecule has 0 aliphatic carbocycles. The number of nitrogens with two attached hydrogens (primary N) is 1. The molecule has 0 radical (unpaired) electrons. The number of carbonyl (C=O) groups is 1. The van der Waals surface area contributed by atoms with Gasteiger partial charge in [-0.15, -0.1) is 0 Å². The number of nitrogens with one attached hydrogen (secondary N) is 1. The van der Waals surface area contributed by atoms with E-state index in [9.17, 15) is 9.18 Å². The Bertz CT molecular complexity index is 600. The third-order valence-electron chi connectivity index (χ3n) is 2.37. The number of aliphatic carboxylic acids is 1. The number of benzene rings is 1. The van der Waals surface area contributed by atoms with E-state index in [1.165, 1.54) is 12.3 Å². The predicted molar refractivity (Wildman–Crippen MR) is 66.2 cm³/mol. The van der Waals surface area contributed by atoms with Crippen LogP contribution in [0.3, 0.4) is 0 Å². The van der Waals surface area contributed by atoms with Gasteiger partial charge in [0.05, 0.1) is 11.9 Å². The van der Waals surface area contributed by atoms with Crippen molar-refractivity contribution in [1.29, 1.82) is 0 Å². The van der Waals surface area contributed by atoms with Crippen molar-refractivity contribution >= 4 is 21.9 Å². The van der Waals surface area contributed by atoms with Gasteiger partial charge in [0.15, 0.2) is 6.04 Å². The Balaban J connectivity index is 2.41. The van der Waals surface area contributed by atoms with Gasteiger partial charge in [0, 0.05) is 10.0 Å². The zero-order valence-corrected chi connectivity index (χ0v) is 10.6. The Labute approximate surface area is 110 Å². The first-order valence-electron chi connectivity index (χ1n) is 4.97. The summed E-state index contributed by atoms with van der Waals surface area (Å²) in [6.07, 6.45) is 1.35. The summed E-state index contributed by atoms with van der Waals surface area (Å²) in [5, 5.41) is 8.75. The molecular formula is C11H9BrFN3O2. The summed E-state index contributed by atoms with van der Waals surface area (Å²) in [5.41, 5.74) is 6.07. The maximum atomic E-state index is 13.6. The molecule has 0 amide bonds. The molecule has 1 atom stereocenters. The Morgan fingerprint density at radius 2 is 2.28 bits per heavy atom. The average Bonchev–Trinajstić information content (AvgIpc) is 2.80. The highest BCUT2D eigenvalue weighted by atomic mass is 79.9. The van der Waals surface area contributed by atoms with Gasteiger partial charge in [-0.2, -0.15) is 0 Å². The van der Waals surface area contributed by atoms with Crippen LogP contribution in [0.1, 0.15) is 11.9 Å². The van der Waals surface area contributed by atoms with Gasteiger partial charge < -0.3 is 15.8 Å². The van der Waals surface area contributed by atoms with Crippen molar-refractivity contribution in [3.63, 3.8) is 0 Å². The maximum Gasteiger partial charge on any atom is 0.328 e. The van der Waals surface area contributed by atoms with Crippen molar-refractivity contribution in [1.82, 2.24) is 9.97 Å². The molecule has 1 aromatic heterocycles. The van der Waals surface area contributed by atoms with Crippen LogP contribution in [0.4, 0.5) is 4.39 Å². The van der Waals surface area contributed by atoms with Crippen LogP contribution in [0.15, 0.2) is 28.9 Å². The van der Waals surface area contributed by atoms with Crippen LogP contribution in [0.25, 0.3) is 11.3 Å². The Morgan fingerprint density at radius 3 is 2.94 bits per heavy atom. The molecule has 0 saturated heterocycles. The van der Waals surface area contributed by atoms with E-state index in [-0.39, 0.29) is 5.82 Å². The van der Waals surface area contributed by atoms with Crippen LogP contribution in [-0.4, -0.2) is 21.0 Å². The standard InChI is InChI=1S/C11H9BrFN3O2/c12-5-1-2-7(13)6(3-5)8-4-15-10(16-8)9(14)11(17)18/h1-4,9H,14H2,(H,15,16)(H,17,18). The zero-order chi connectivity index (χ0) is 13.3. The molecular weight excluding hydrogens is 305 g/mol. The molecule has 1 heterocycles. The maximum absolute atomic E-state index is 13.6. The van der Waals surface area contributed by atoms with Crippen LogP contribution in [0, 0.1) is 5.82 Å². The van der Waals surface area contributed by atoms with Crippen molar-refractivity contribution in [2.24, 2.45) is 5.73 Å². The lowest BCUT2D eigenvalue weighted by Crippen LogP contribution is -2.21. The summed E-state index contributed by atoms with van der Waals surface area (Å²) >= 11 is 3.23. The van der Waals surface area contributed by atoms with Crippen molar-refractivity contribution in [3.05, 3.63) is 40.5 Å². The van der Waals surface area contributed by atoms with Crippen LogP contribution in [0.2, 0.25) is 0 Å². The molecule has 0 fully saturated rings. The van der Waals surface area contributed by atoms with Crippen molar-refractivity contribution in [2.45, 2.75) is 6.04 Å².